The predicted octanol–water partition coefficient (Wildman–Crippen LogP) is 2.07. The van der Waals surface area contributed by atoms with Gasteiger partial charge in [0, 0.05) is 17.8 Å². The molecule has 0 saturated carbocycles. The number of hydrogen-bond donors (Lipinski definition) is 2. The summed E-state index contributed by atoms with van der Waals surface area (Å²) in [5.74, 6) is -0.114. The lowest BCUT2D eigenvalue weighted by Gasteiger charge is -2.10. The van der Waals surface area contributed by atoms with Crippen LogP contribution in [0.15, 0.2) is 30.3 Å². The molecule has 0 radical (unpaired) electrons. The quantitative estimate of drug-likeness (QED) is 0.829. The van der Waals surface area contributed by atoms with E-state index < -0.39 is 17.8 Å². The Hall–Kier alpha value is -2.68. The minimum Gasteiger partial charge on any atom is -0.492 e. The highest BCUT2D eigenvalue weighted by Crippen LogP contribution is 2.27. The van der Waals surface area contributed by atoms with Crippen LogP contribution in [0.5, 0.6) is 5.75 Å². The Morgan fingerprint density at radius 3 is 2.72 bits per heavy atom. The molecule has 1 heterocycles. The third-order valence-corrected chi connectivity index (χ3v) is 3.08. The number of ether oxygens (including phenoxy) is 1. The minimum absolute atomic E-state index is 0.115. The van der Waals surface area contributed by atoms with Gasteiger partial charge < -0.3 is 15.8 Å². The second kappa shape index (κ2) is 7.93. The Morgan fingerprint density at radius 1 is 1.28 bits per heavy atom. The number of halogens is 3. The highest BCUT2D eigenvalue weighted by atomic mass is 19.4. The van der Waals surface area contributed by atoms with Crippen molar-refractivity contribution in [2.24, 2.45) is 5.73 Å². The molecule has 0 spiro atoms. The number of alkyl halides is 3. The standard InChI is InChI=1S/C16H17F3N4O2/c1-10-7-13(16(17,18)19)23-14(22-10)9-21-15(24)11-3-2-4-12(8-11)25-6-5-20/h2-4,7-8H,5-6,9,20H2,1H3,(H,21,24). The Kier molecular flexibility index (Phi) is 5.92. The Morgan fingerprint density at radius 2 is 2.04 bits per heavy atom. The number of amides is 1. The van der Waals surface area contributed by atoms with Gasteiger partial charge in [0.1, 0.15) is 23.9 Å². The molecular formula is C16H17F3N4O2. The van der Waals surface area contributed by atoms with Crippen molar-refractivity contribution in [2.75, 3.05) is 13.2 Å². The number of nitrogens with one attached hydrogen (secondary N) is 1. The molecule has 25 heavy (non-hydrogen) atoms. The van der Waals surface area contributed by atoms with Crippen molar-refractivity contribution >= 4 is 5.91 Å². The molecule has 3 N–H and O–H groups in total. The van der Waals surface area contributed by atoms with Gasteiger partial charge >= 0.3 is 6.18 Å². The molecule has 1 amide bonds. The summed E-state index contributed by atoms with van der Waals surface area (Å²) in [5.41, 5.74) is 4.78. The molecule has 1 aromatic heterocycles. The first kappa shape index (κ1) is 18.7. The number of aromatic nitrogens is 2. The Labute approximate surface area is 142 Å². The molecule has 6 nitrogen and oxygen atoms in total. The van der Waals surface area contributed by atoms with Crippen LogP contribution in [0.25, 0.3) is 0 Å². The van der Waals surface area contributed by atoms with Crippen LogP contribution in [0.3, 0.4) is 0 Å². The number of aryl methyl sites for hydroxylation is 1. The van der Waals surface area contributed by atoms with Crippen molar-refractivity contribution in [1.82, 2.24) is 15.3 Å². The van der Waals surface area contributed by atoms with E-state index in [-0.39, 0.29) is 18.1 Å². The fraction of sp³-hybridized carbons (Fsp3) is 0.312. The van der Waals surface area contributed by atoms with Gasteiger partial charge in [0.2, 0.25) is 0 Å². The van der Waals surface area contributed by atoms with Crippen LogP contribution < -0.4 is 15.8 Å². The highest BCUT2D eigenvalue weighted by Gasteiger charge is 2.33. The number of benzene rings is 1. The fourth-order valence-electron chi connectivity index (χ4n) is 2.02. The molecule has 0 atom stereocenters. The van der Waals surface area contributed by atoms with Crippen LogP contribution in [0.1, 0.15) is 27.6 Å². The van der Waals surface area contributed by atoms with E-state index in [1.807, 2.05) is 0 Å². The second-order valence-electron chi connectivity index (χ2n) is 5.16. The van der Waals surface area contributed by atoms with E-state index in [1.165, 1.54) is 13.0 Å². The van der Waals surface area contributed by atoms with Crippen molar-refractivity contribution in [2.45, 2.75) is 19.6 Å². The molecule has 134 valence electrons. The zero-order valence-corrected chi connectivity index (χ0v) is 13.4. The molecule has 0 saturated heterocycles. The minimum atomic E-state index is -4.57. The number of carbonyl (C=O) groups excluding carboxylic acids is 1. The van der Waals surface area contributed by atoms with Crippen molar-refractivity contribution in [3.63, 3.8) is 0 Å². The summed E-state index contributed by atoms with van der Waals surface area (Å²) in [5, 5.41) is 2.49. The lowest BCUT2D eigenvalue weighted by Crippen LogP contribution is -2.25. The zero-order chi connectivity index (χ0) is 18.4. The third-order valence-electron chi connectivity index (χ3n) is 3.08. The van der Waals surface area contributed by atoms with E-state index in [2.05, 4.69) is 15.3 Å². The second-order valence-corrected chi connectivity index (χ2v) is 5.16. The van der Waals surface area contributed by atoms with E-state index in [0.717, 1.165) is 6.07 Å². The van der Waals surface area contributed by atoms with E-state index in [4.69, 9.17) is 10.5 Å². The van der Waals surface area contributed by atoms with Crippen molar-refractivity contribution < 1.29 is 22.7 Å². The lowest BCUT2D eigenvalue weighted by molar-refractivity contribution is -0.141. The third kappa shape index (κ3) is 5.42. The molecule has 0 aliphatic heterocycles. The maximum Gasteiger partial charge on any atom is 0.433 e. The van der Waals surface area contributed by atoms with Crippen molar-refractivity contribution in [3.05, 3.63) is 53.1 Å². The van der Waals surface area contributed by atoms with E-state index in [9.17, 15) is 18.0 Å². The van der Waals surface area contributed by atoms with E-state index in [1.54, 1.807) is 18.2 Å². The average Bonchev–Trinajstić information content (AvgIpc) is 2.57. The monoisotopic (exact) mass is 354 g/mol. The summed E-state index contributed by atoms with van der Waals surface area (Å²) in [6.07, 6.45) is -4.57. The summed E-state index contributed by atoms with van der Waals surface area (Å²) in [7, 11) is 0. The van der Waals surface area contributed by atoms with Crippen LogP contribution in [-0.2, 0) is 12.7 Å². The molecule has 0 aliphatic rings. The van der Waals surface area contributed by atoms with Gasteiger partial charge in [-0.3, -0.25) is 4.79 Å². The van der Waals surface area contributed by atoms with E-state index >= 15 is 0 Å². The van der Waals surface area contributed by atoms with Crippen molar-refractivity contribution in [3.8, 4) is 5.75 Å². The maximum absolute atomic E-state index is 12.8. The zero-order valence-electron chi connectivity index (χ0n) is 13.4. The number of nitrogens with two attached hydrogens (primary N) is 1. The molecule has 0 unspecified atom stereocenters. The van der Waals surface area contributed by atoms with Crippen LogP contribution in [-0.4, -0.2) is 29.0 Å². The molecule has 2 rings (SSSR count). The summed E-state index contributed by atoms with van der Waals surface area (Å²) in [6.45, 7) is 1.85. The van der Waals surface area contributed by atoms with Gasteiger partial charge in [-0.1, -0.05) is 6.07 Å². The first-order chi connectivity index (χ1) is 11.8. The average molecular weight is 354 g/mol. The first-order valence-electron chi connectivity index (χ1n) is 7.42. The SMILES string of the molecule is Cc1cc(C(F)(F)F)nc(CNC(=O)c2cccc(OCCN)c2)n1. The molecular weight excluding hydrogens is 337 g/mol. The summed E-state index contributed by atoms with van der Waals surface area (Å²) in [4.78, 5) is 19.5. The normalized spacial score (nSPS) is 11.2. The predicted molar refractivity (Wildman–Crippen MR) is 83.9 cm³/mol. The summed E-state index contributed by atoms with van der Waals surface area (Å²) >= 11 is 0. The van der Waals surface area contributed by atoms with E-state index in [0.29, 0.717) is 24.5 Å². The molecule has 0 fully saturated rings. The number of nitrogens with zero attached hydrogens (tertiary/aromatic N) is 2. The molecule has 2 aromatic rings. The maximum atomic E-state index is 12.8. The summed E-state index contributed by atoms with van der Waals surface area (Å²) in [6, 6.07) is 7.23. The number of rotatable bonds is 6. The van der Waals surface area contributed by atoms with Gasteiger partial charge in [-0.2, -0.15) is 13.2 Å². The molecule has 0 bridgehead atoms. The van der Waals surface area contributed by atoms with Crippen LogP contribution in [0, 0.1) is 6.92 Å². The Bertz CT molecular complexity index is 750. The molecule has 9 heteroatoms. The molecule has 0 aliphatic carbocycles. The summed E-state index contributed by atoms with van der Waals surface area (Å²) < 4.78 is 43.6. The highest BCUT2D eigenvalue weighted by molar-refractivity contribution is 5.94. The van der Waals surface area contributed by atoms with Gasteiger partial charge in [-0.05, 0) is 31.2 Å². The number of hydrogen-bond acceptors (Lipinski definition) is 5. The molecule has 1 aromatic carbocycles. The van der Waals surface area contributed by atoms with Gasteiger partial charge in [0.25, 0.3) is 5.91 Å². The largest absolute Gasteiger partial charge is 0.492 e. The fourth-order valence-corrected chi connectivity index (χ4v) is 2.02. The van der Waals surface area contributed by atoms with Crippen LogP contribution >= 0.6 is 0 Å². The lowest BCUT2D eigenvalue weighted by atomic mass is 10.2. The topological polar surface area (TPSA) is 90.1 Å². The Balaban J connectivity index is 2.06. The van der Waals surface area contributed by atoms with Gasteiger partial charge in [0.15, 0.2) is 0 Å². The first-order valence-corrected chi connectivity index (χ1v) is 7.42. The number of carbonyl (C=O) groups is 1. The van der Waals surface area contributed by atoms with Crippen LogP contribution in [0.2, 0.25) is 0 Å². The van der Waals surface area contributed by atoms with Crippen molar-refractivity contribution in [1.29, 1.82) is 0 Å². The van der Waals surface area contributed by atoms with Crippen LogP contribution in [0.4, 0.5) is 13.2 Å². The smallest absolute Gasteiger partial charge is 0.433 e. The van der Waals surface area contributed by atoms with Gasteiger partial charge in [-0.25, -0.2) is 9.97 Å². The van der Waals surface area contributed by atoms with Gasteiger partial charge in [0.05, 0.1) is 6.54 Å². The van der Waals surface area contributed by atoms with Gasteiger partial charge in [-0.15, -0.1) is 0 Å².